The molecule has 0 fully saturated rings. The number of carbonyl (C=O) groups is 1. The first-order valence-corrected chi connectivity index (χ1v) is 7.83. The molecule has 1 atom stereocenters. The van der Waals surface area contributed by atoms with Gasteiger partial charge in [-0.05, 0) is 71.3 Å². The summed E-state index contributed by atoms with van der Waals surface area (Å²) in [6.45, 7) is 4.14. The van der Waals surface area contributed by atoms with Gasteiger partial charge in [-0.3, -0.25) is 4.79 Å². The van der Waals surface area contributed by atoms with Gasteiger partial charge in [-0.1, -0.05) is 31.2 Å². The van der Waals surface area contributed by atoms with Gasteiger partial charge in [0.2, 0.25) is 0 Å². The smallest absolute Gasteiger partial charge is 0.251 e. The lowest BCUT2D eigenvalue weighted by Crippen LogP contribution is -2.26. The van der Waals surface area contributed by atoms with Gasteiger partial charge in [0, 0.05) is 9.13 Å². The highest BCUT2D eigenvalue weighted by atomic mass is 127. The van der Waals surface area contributed by atoms with E-state index in [9.17, 15) is 4.79 Å². The summed E-state index contributed by atoms with van der Waals surface area (Å²) in [5.74, 6) is -0.0338. The van der Waals surface area contributed by atoms with E-state index < -0.39 is 0 Å². The number of hydrogen-bond donors (Lipinski definition) is 1. The first kappa shape index (κ1) is 15.0. The minimum Gasteiger partial charge on any atom is -0.346 e. The lowest BCUT2D eigenvalue weighted by atomic mass is 10.0. The normalized spacial score (nSPS) is 11.9. The van der Waals surface area contributed by atoms with E-state index in [-0.39, 0.29) is 11.9 Å². The van der Waals surface area contributed by atoms with Gasteiger partial charge in [0.05, 0.1) is 6.04 Å². The molecule has 0 aliphatic heterocycles. The molecule has 1 amide bonds. The molecule has 2 aromatic rings. The summed E-state index contributed by atoms with van der Waals surface area (Å²) in [6.07, 6.45) is 1.03. The lowest BCUT2D eigenvalue weighted by Gasteiger charge is -2.15. The van der Waals surface area contributed by atoms with Crippen molar-refractivity contribution in [2.75, 3.05) is 0 Å². The van der Waals surface area contributed by atoms with E-state index in [0.717, 1.165) is 15.6 Å². The van der Waals surface area contributed by atoms with Gasteiger partial charge in [-0.25, -0.2) is 0 Å². The maximum Gasteiger partial charge on any atom is 0.251 e. The molecular formula is C17H18INO. The molecule has 20 heavy (non-hydrogen) atoms. The van der Waals surface area contributed by atoms with Crippen LogP contribution in [-0.2, 0) is 6.42 Å². The number of carbonyl (C=O) groups excluding carboxylic acids is 1. The van der Waals surface area contributed by atoms with Crippen molar-refractivity contribution in [2.24, 2.45) is 0 Å². The van der Waals surface area contributed by atoms with Crippen LogP contribution in [0.3, 0.4) is 0 Å². The van der Waals surface area contributed by atoms with E-state index in [1.165, 1.54) is 5.56 Å². The molecule has 0 saturated heterocycles. The van der Waals surface area contributed by atoms with Gasteiger partial charge in [0.15, 0.2) is 0 Å². The topological polar surface area (TPSA) is 29.1 Å². The number of nitrogens with one attached hydrogen (secondary N) is 1. The first-order valence-electron chi connectivity index (χ1n) is 6.75. The molecular weight excluding hydrogens is 361 g/mol. The minimum atomic E-state index is -0.0338. The molecule has 2 rings (SSSR count). The van der Waals surface area contributed by atoms with Gasteiger partial charge in [0.25, 0.3) is 5.91 Å². The second-order valence-corrected chi connectivity index (χ2v) is 6.04. The van der Waals surface area contributed by atoms with Crippen LogP contribution in [0.4, 0.5) is 0 Å². The Morgan fingerprint density at radius 3 is 2.25 bits per heavy atom. The SMILES string of the molecule is CCc1ccc(C(C)NC(=O)c2ccc(I)cc2)cc1. The first-order chi connectivity index (χ1) is 9.60. The molecule has 0 saturated carbocycles. The van der Waals surface area contributed by atoms with Crippen LogP contribution in [0.15, 0.2) is 48.5 Å². The van der Waals surface area contributed by atoms with Crippen LogP contribution in [0, 0.1) is 3.57 Å². The third kappa shape index (κ3) is 3.82. The standard InChI is InChI=1S/C17H18INO/c1-3-13-4-6-14(7-5-13)12(2)19-17(20)15-8-10-16(18)11-9-15/h4-12H,3H2,1-2H3,(H,19,20). The molecule has 0 aliphatic carbocycles. The molecule has 3 heteroatoms. The zero-order valence-electron chi connectivity index (χ0n) is 11.7. The zero-order chi connectivity index (χ0) is 14.5. The number of aryl methyl sites for hydroxylation is 1. The van der Waals surface area contributed by atoms with Crippen LogP contribution in [-0.4, -0.2) is 5.91 Å². The van der Waals surface area contributed by atoms with Crippen molar-refractivity contribution in [2.45, 2.75) is 26.3 Å². The molecule has 0 aromatic heterocycles. The fourth-order valence-electron chi connectivity index (χ4n) is 2.01. The van der Waals surface area contributed by atoms with Crippen molar-refractivity contribution < 1.29 is 4.79 Å². The van der Waals surface area contributed by atoms with Crippen molar-refractivity contribution >= 4 is 28.5 Å². The van der Waals surface area contributed by atoms with E-state index >= 15 is 0 Å². The summed E-state index contributed by atoms with van der Waals surface area (Å²) in [4.78, 5) is 12.1. The Labute approximate surface area is 133 Å². The average molecular weight is 379 g/mol. The molecule has 0 aliphatic rings. The van der Waals surface area contributed by atoms with E-state index in [1.54, 1.807) is 0 Å². The Balaban J connectivity index is 2.04. The number of amides is 1. The van der Waals surface area contributed by atoms with Crippen LogP contribution in [0.1, 0.15) is 41.4 Å². The average Bonchev–Trinajstić information content (AvgIpc) is 2.48. The molecule has 0 bridgehead atoms. The van der Waals surface area contributed by atoms with Crippen LogP contribution < -0.4 is 5.32 Å². The quantitative estimate of drug-likeness (QED) is 0.787. The summed E-state index contributed by atoms with van der Waals surface area (Å²) >= 11 is 2.23. The Morgan fingerprint density at radius 1 is 1.10 bits per heavy atom. The largest absolute Gasteiger partial charge is 0.346 e. The number of rotatable bonds is 4. The summed E-state index contributed by atoms with van der Waals surface area (Å²) in [7, 11) is 0. The third-order valence-electron chi connectivity index (χ3n) is 3.34. The van der Waals surface area contributed by atoms with E-state index in [0.29, 0.717) is 5.56 Å². The second kappa shape index (κ2) is 6.88. The summed E-state index contributed by atoms with van der Waals surface area (Å²) in [6, 6.07) is 16.0. The summed E-state index contributed by atoms with van der Waals surface area (Å²) in [5.41, 5.74) is 3.13. The third-order valence-corrected chi connectivity index (χ3v) is 4.06. The van der Waals surface area contributed by atoms with Crippen molar-refractivity contribution in [1.82, 2.24) is 5.32 Å². The monoisotopic (exact) mass is 379 g/mol. The Hall–Kier alpha value is -1.36. The molecule has 104 valence electrons. The minimum absolute atomic E-state index is 0.00711. The summed E-state index contributed by atoms with van der Waals surface area (Å²) < 4.78 is 1.13. The Bertz CT molecular complexity index is 575. The van der Waals surface area contributed by atoms with E-state index in [2.05, 4.69) is 59.1 Å². The fraction of sp³-hybridized carbons (Fsp3) is 0.235. The molecule has 2 nitrogen and oxygen atoms in total. The number of halogens is 1. The fourth-order valence-corrected chi connectivity index (χ4v) is 2.37. The van der Waals surface area contributed by atoms with Crippen molar-refractivity contribution in [3.8, 4) is 0 Å². The van der Waals surface area contributed by atoms with Gasteiger partial charge in [0.1, 0.15) is 0 Å². The van der Waals surface area contributed by atoms with E-state index in [1.807, 2.05) is 31.2 Å². The maximum atomic E-state index is 12.1. The van der Waals surface area contributed by atoms with Crippen LogP contribution in [0.2, 0.25) is 0 Å². The highest BCUT2D eigenvalue weighted by Gasteiger charge is 2.11. The van der Waals surface area contributed by atoms with Crippen LogP contribution in [0.5, 0.6) is 0 Å². The number of hydrogen-bond acceptors (Lipinski definition) is 1. The van der Waals surface area contributed by atoms with Crippen molar-refractivity contribution in [3.63, 3.8) is 0 Å². The second-order valence-electron chi connectivity index (χ2n) is 4.80. The predicted octanol–water partition coefficient (Wildman–Crippen LogP) is 4.34. The van der Waals surface area contributed by atoms with Crippen molar-refractivity contribution in [3.05, 3.63) is 68.8 Å². The lowest BCUT2D eigenvalue weighted by molar-refractivity contribution is 0.0940. The Kier molecular flexibility index (Phi) is 5.17. The molecule has 1 unspecified atom stereocenters. The van der Waals surface area contributed by atoms with Crippen LogP contribution in [0.25, 0.3) is 0 Å². The van der Waals surface area contributed by atoms with Crippen LogP contribution >= 0.6 is 22.6 Å². The molecule has 0 heterocycles. The molecule has 0 spiro atoms. The van der Waals surface area contributed by atoms with Gasteiger partial charge < -0.3 is 5.32 Å². The van der Waals surface area contributed by atoms with Gasteiger partial charge in [-0.2, -0.15) is 0 Å². The highest BCUT2D eigenvalue weighted by Crippen LogP contribution is 2.15. The number of benzene rings is 2. The highest BCUT2D eigenvalue weighted by molar-refractivity contribution is 14.1. The maximum absolute atomic E-state index is 12.1. The predicted molar refractivity (Wildman–Crippen MR) is 90.9 cm³/mol. The zero-order valence-corrected chi connectivity index (χ0v) is 13.8. The van der Waals surface area contributed by atoms with Crippen molar-refractivity contribution in [1.29, 1.82) is 0 Å². The molecule has 0 radical (unpaired) electrons. The Morgan fingerprint density at radius 2 is 1.70 bits per heavy atom. The molecule has 2 aromatic carbocycles. The van der Waals surface area contributed by atoms with Gasteiger partial charge in [-0.15, -0.1) is 0 Å². The van der Waals surface area contributed by atoms with E-state index in [4.69, 9.17) is 0 Å². The summed E-state index contributed by atoms with van der Waals surface area (Å²) in [5, 5.41) is 3.03. The van der Waals surface area contributed by atoms with Gasteiger partial charge >= 0.3 is 0 Å². The molecule has 1 N–H and O–H groups in total.